The van der Waals surface area contributed by atoms with E-state index >= 15 is 0 Å². The van der Waals surface area contributed by atoms with Gasteiger partial charge in [0, 0.05) is 12.1 Å². The Bertz CT molecular complexity index is 297. The van der Waals surface area contributed by atoms with Gasteiger partial charge in [-0.05, 0) is 31.9 Å². The van der Waals surface area contributed by atoms with Crippen LogP contribution in [0.25, 0.3) is 0 Å². The first-order valence-electron chi connectivity index (χ1n) is 5.00. The van der Waals surface area contributed by atoms with Gasteiger partial charge in [-0.1, -0.05) is 0 Å². The van der Waals surface area contributed by atoms with E-state index < -0.39 is 0 Å². The molecule has 0 radical (unpaired) electrons. The van der Waals surface area contributed by atoms with Crippen LogP contribution in [0.4, 0.5) is 0 Å². The van der Waals surface area contributed by atoms with Crippen LogP contribution in [-0.4, -0.2) is 29.4 Å². The van der Waals surface area contributed by atoms with Crippen LogP contribution >= 0.6 is 0 Å². The molecule has 0 aliphatic carbocycles. The molecule has 1 N–H and O–H groups in total. The average molecular weight is 193 g/mol. The van der Waals surface area contributed by atoms with E-state index in [4.69, 9.17) is 4.74 Å². The van der Waals surface area contributed by atoms with E-state index in [1.807, 2.05) is 13.0 Å². The molecule has 0 spiro atoms. The highest BCUT2D eigenvalue weighted by Gasteiger charge is 2.14. The Morgan fingerprint density at radius 2 is 2.57 bits per heavy atom. The van der Waals surface area contributed by atoms with Crippen molar-refractivity contribution < 1.29 is 4.74 Å². The molecule has 4 nitrogen and oxygen atoms in total. The molecule has 4 heteroatoms. The van der Waals surface area contributed by atoms with Crippen molar-refractivity contribution in [3.8, 4) is 5.88 Å². The molecule has 0 bridgehead atoms. The zero-order valence-electron chi connectivity index (χ0n) is 8.36. The zero-order chi connectivity index (χ0) is 9.80. The Kier molecular flexibility index (Phi) is 2.93. The number of aromatic nitrogens is 2. The molecule has 0 saturated carbocycles. The molecule has 2 heterocycles. The van der Waals surface area contributed by atoms with Crippen molar-refractivity contribution >= 4 is 0 Å². The summed E-state index contributed by atoms with van der Waals surface area (Å²) in [5, 5.41) is 11.1. The molecule has 1 aromatic heterocycles. The Balaban J connectivity index is 1.85. The Labute approximate surface area is 83.7 Å². The van der Waals surface area contributed by atoms with E-state index in [9.17, 15) is 0 Å². The van der Waals surface area contributed by atoms with Crippen LogP contribution in [-0.2, 0) is 0 Å². The maximum Gasteiger partial charge on any atom is 0.233 e. The molecular weight excluding hydrogens is 178 g/mol. The van der Waals surface area contributed by atoms with Crippen LogP contribution < -0.4 is 10.1 Å². The third kappa shape index (κ3) is 2.42. The van der Waals surface area contributed by atoms with Gasteiger partial charge in [-0.15, -0.1) is 5.10 Å². The summed E-state index contributed by atoms with van der Waals surface area (Å²) in [6, 6.07) is 2.39. The summed E-state index contributed by atoms with van der Waals surface area (Å²) >= 11 is 0. The molecule has 1 saturated heterocycles. The molecule has 76 valence electrons. The third-order valence-electron chi connectivity index (χ3n) is 2.36. The van der Waals surface area contributed by atoms with Gasteiger partial charge in [-0.25, -0.2) is 0 Å². The highest BCUT2D eigenvalue weighted by Crippen LogP contribution is 2.09. The first-order chi connectivity index (χ1) is 6.84. The van der Waals surface area contributed by atoms with Crippen molar-refractivity contribution in [1.29, 1.82) is 0 Å². The van der Waals surface area contributed by atoms with E-state index in [2.05, 4.69) is 15.5 Å². The predicted octanol–water partition coefficient (Wildman–Crippen LogP) is 0.916. The van der Waals surface area contributed by atoms with Gasteiger partial charge in [0.25, 0.3) is 0 Å². The van der Waals surface area contributed by atoms with Gasteiger partial charge in [-0.3, -0.25) is 0 Å². The Morgan fingerprint density at radius 1 is 1.64 bits per heavy atom. The van der Waals surface area contributed by atoms with Crippen molar-refractivity contribution in [2.75, 3.05) is 13.2 Å². The molecule has 2 rings (SSSR count). The monoisotopic (exact) mass is 193 g/mol. The van der Waals surface area contributed by atoms with Crippen molar-refractivity contribution in [1.82, 2.24) is 15.5 Å². The molecule has 1 atom stereocenters. The van der Waals surface area contributed by atoms with E-state index in [-0.39, 0.29) is 0 Å². The van der Waals surface area contributed by atoms with Crippen LogP contribution in [0, 0.1) is 6.92 Å². The quantitative estimate of drug-likeness (QED) is 0.775. The van der Waals surface area contributed by atoms with E-state index in [0.717, 1.165) is 12.1 Å². The van der Waals surface area contributed by atoms with Gasteiger partial charge in [0.1, 0.15) is 6.61 Å². The highest BCUT2D eigenvalue weighted by atomic mass is 16.5. The Hall–Kier alpha value is -1.16. The topological polar surface area (TPSA) is 47.0 Å². The fourth-order valence-corrected chi connectivity index (χ4v) is 1.59. The van der Waals surface area contributed by atoms with E-state index in [1.54, 1.807) is 6.20 Å². The lowest BCUT2D eigenvalue weighted by Gasteiger charge is -2.10. The summed E-state index contributed by atoms with van der Waals surface area (Å²) in [6.45, 7) is 3.78. The number of ether oxygens (including phenoxy) is 1. The summed E-state index contributed by atoms with van der Waals surface area (Å²) in [7, 11) is 0. The van der Waals surface area contributed by atoms with Crippen molar-refractivity contribution in [2.45, 2.75) is 25.8 Å². The summed E-state index contributed by atoms with van der Waals surface area (Å²) in [6.07, 6.45) is 4.16. The van der Waals surface area contributed by atoms with Gasteiger partial charge >= 0.3 is 0 Å². The van der Waals surface area contributed by atoms with Crippen LogP contribution in [0.1, 0.15) is 18.4 Å². The van der Waals surface area contributed by atoms with Crippen molar-refractivity contribution in [2.24, 2.45) is 0 Å². The number of rotatable bonds is 3. The second-order valence-corrected chi connectivity index (χ2v) is 3.68. The maximum atomic E-state index is 5.53. The molecule has 1 fully saturated rings. The molecule has 14 heavy (non-hydrogen) atoms. The normalized spacial score (nSPS) is 21.1. The van der Waals surface area contributed by atoms with E-state index in [0.29, 0.717) is 18.5 Å². The second-order valence-electron chi connectivity index (χ2n) is 3.68. The summed E-state index contributed by atoms with van der Waals surface area (Å²) in [4.78, 5) is 0. The van der Waals surface area contributed by atoms with Gasteiger partial charge in [0.2, 0.25) is 5.88 Å². The molecule has 1 aromatic rings. The highest BCUT2D eigenvalue weighted by molar-refractivity contribution is 5.14. The van der Waals surface area contributed by atoms with Crippen LogP contribution in [0.2, 0.25) is 0 Å². The molecule has 1 aliphatic heterocycles. The lowest BCUT2D eigenvalue weighted by Crippen LogP contribution is -2.28. The number of hydrogen-bond donors (Lipinski definition) is 1. The minimum absolute atomic E-state index is 0.484. The summed E-state index contributed by atoms with van der Waals surface area (Å²) in [5.74, 6) is 0.624. The number of hydrogen-bond acceptors (Lipinski definition) is 4. The minimum atomic E-state index is 0.484. The minimum Gasteiger partial charge on any atom is -0.475 e. The lowest BCUT2D eigenvalue weighted by molar-refractivity contribution is 0.264. The molecular formula is C10H15N3O. The first kappa shape index (κ1) is 9.40. The first-order valence-corrected chi connectivity index (χ1v) is 5.00. The van der Waals surface area contributed by atoms with Crippen LogP contribution in [0.5, 0.6) is 5.88 Å². The van der Waals surface area contributed by atoms with Crippen LogP contribution in [0.15, 0.2) is 12.3 Å². The fourth-order valence-electron chi connectivity index (χ4n) is 1.59. The molecule has 0 aromatic carbocycles. The van der Waals surface area contributed by atoms with Gasteiger partial charge in [0.15, 0.2) is 0 Å². The summed E-state index contributed by atoms with van der Waals surface area (Å²) in [5.41, 5.74) is 1.08. The average Bonchev–Trinajstić information content (AvgIpc) is 2.67. The van der Waals surface area contributed by atoms with Crippen molar-refractivity contribution in [3.05, 3.63) is 17.8 Å². The second kappa shape index (κ2) is 4.37. The Morgan fingerprint density at radius 3 is 3.29 bits per heavy atom. The van der Waals surface area contributed by atoms with Gasteiger partial charge in [0.05, 0.1) is 6.20 Å². The van der Waals surface area contributed by atoms with Crippen molar-refractivity contribution in [3.63, 3.8) is 0 Å². The SMILES string of the molecule is Cc1cnnc(OCC2CCCN2)c1. The van der Waals surface area contributed by atoms with Crippen LogP contribution in [0.3, 0.4) is 0 Å². The number of nitrogens with one attached hydrogen (secondary N) is 1. The molecule has 1 unspecified atom stereocenters. The number of aryl methyl sites for hydroxylation is 1. The predicted molar refractivity (Wildman–Crippen MR) is 53.3 cm³/mol. The maximum absolute atomic E-state index is 5.53. The fraction of sp³-hybridized carbons (Fsp3) is 0.600. The van der Waals surface area contributed by atoms with Gasteiger partial charge in [-0.2, -0.15) is 5.10 Å². The van der Waals surface area contributed by atoms with Gasteiger partial charge < -0.3 is 10.1 Å². The summed E-state index contributed by atoms with van der Waals surface area (Å²) < 4.78 is 5.53. The molecule has 0 amide bonds. The largest absolute Gasteiger partial charge is 0.475 e. The molecule has 1 aliphatic rings. The standard InChI is InChI=1S/C10H15N3O/c1-8-5-10(13-12-6-8)14-7-9-3-2-4-11-9/h5-6,9,11H,2-4,7H2,1H3. The zero-order valence-corrected chi connectivity index (χ0v) is 8.36. The number of nitrogens with zero attached hydrogens (tertiary/aromatic N) is 2. The van der Waals surface area contributed by atoms with E-state index in [1.165, 1.54) is 12.8 Å². The third-order valence-corrected chi connectivity index (χ3v) is 2.36. The lowest BCUT2D eigenvalue weighted by atomic mass is 10.2. The smallest absolute Gasteiger partial charge is 0.233 e.